The normalized spacial score (nSPS) is 12.1. The number of hydrogen-bond acceptors (Lipinski definition) is 12. The molecule has 0 aliphatic heterocycles. The molecule has 0 aromatic rings. The summed E-state index contributed by atoms with van der Waals surface area (Å²) in [4.78, 5) is 48.1. The number of aliphatic hydroxyl groups excluding tert-OH is 4. The van der Waals surface area contributed by atoms with Crippen LogP contribution in [0.2, 0.25) is 0 Å². The van der Waals surface area contributed by atoms with Crippen LogP contribution in [0.5, 0.6) is 0 Å². The fourth-order valence-corrected chi connectivity index (χ4v) is 1.74. The Hall–Kier alpha value is -2.28. The number of carbonyl (C=O) groups excluding carboxylic acids is 4. The summed E-state index contributed by atoms with van der Waals surface area (Å²) in [6.45, 7) is 0.273. The zero-order valence-corrected chi connectivity index (χ0v) is 18.2. The van der Waals surface area contributed by atoms with Crippen molar-refractivity contribution in [3.8, 4) is 0 Å². The van der Waals surface area contributed by atoms with Crippen LogP contribution in [0.15, 0.2) is 0 Å². The lowest BCUT2D eigenvalue weighted by Crippen LogP contribution is -2.45. The first kappa shape index (κ1) is 28.7. The molecule has 31 heavy (non-hydrogen) atoms. The van der Waals surface area contributed by atoms with Crippen LogP contribution in [0.3, 0.4) is 0 Å². The van der Waals surface area contributed by atoms with Crippen LogP contribution in [0.25, 0.3) is 0 Å². The molecule has 0 aromatic heterocycles. The maximum absolute atomic E-state index is 12.5. The van der Waals surface area contributed by atoms with Crippen molar-refractivity contribution in [2.24, 2.45) is 16.2 Å². The minimum atomic E-state index is -1.78. The van der Waals surface area contributed by atoms with Crippen molar-refractivity contribution in [3.05, 3.63) is 0 Å². The van der Waals surface area contributed by atoms with Gasteiger partial charge in [-0.1, -0.05) is 6.92 Å². The van der Waals surface area contributed by atoms with Crippen LogP contribution in [0, 0.1) is 16.2 Å². The lowest BCUT2D eigenvalue weighted by molar-refractivity contribution is -0.186. The average molecular weight is 452 g/mol. The van der Waals surface area contributed by atoms with Gasteiger partial charge in [-0.25, -0.2) is 0 Å². The van der Waals surface area contributed by atoms with Gasteiger partial charge in [0.05, 0.1) is 26.4 Å². The standard InChI is InChI=1S/C19H32O12/c1-5-13(24)30-12-31-16(27)19(4,10-28-14(25)17(2,6-20)7-21)11-29-15(26)18(3,8-22)9-23/h20-23H,5-12H2,1-4H3. The molecule has 4 N–H and O–H groups in total. The maximum Gasteiger partial charge on any atom is 0.321 e. The molecule has 0 aliphatic carbocycles. The molecule has 0 aliphatic rings. The third-order valence-corrected chi connectivity index (χ3v) is 4.62. The third kappa shape index (κ3) is 8.05. The second kappa shape index (κ2) is 12.5. The molecular formula is C19H32O12. The predicted molar refractivity (Wildman–Crippen MR) is 102 cm³/mol. The highest BCUT2D eigenvalue weighted by molar-refractivity contribution is 5.81. The van der Waals surface area contributed by atoms with E-state index in [1.54, 1.807) is 0 Å². The van der Waals surface area contributed by atoms with Crippen molar-refractivity contribution in [1.82, 2.24) is 0 Å². The second-order valence-electron chi connectivity index (χ2n) is 7.89. The van der Waals surface area contributed by atoms with Crippen LogP contribution in [-0.2, 0) is 38.1 Å². The minimum Gasteiger partial charge on any atom is -0.464 e. The van der Waals surface area contributed by atoms with E-state index in [9.17, 15) is 39.6 Å². The van der Waals surface area contributed by atoms with E-state index in [0.29, 0.717) is 0 Å². The number of hydrogen-bond donors (Lipinski definition) is 4. The molecule has 0 saturated heterocycles. The van der Waals surface area contributed by atoms with Gasteiger partial charge in [-0.05, 0) is 20.8 Å². The second-order valence-corrected chi connectivity index (χ2v) is 7.89. The lowest BCUT2D eigenvalue weighted by atomic mass is 9.90. The number of esters is 4. The summed E-state index contributed by atoms with van der Waals surface area (Å²) in [6.07, 6.45) is 0.0475. The molecule has 0 bridgehead atoms. The smallest absolute Gasteiger partial charge is 0.321 e. The zero-order chi connectivity index (χ0) is 24.3. The number of rotatable bonds is 14. The summed E-state index contributed by atoms with van der Waals surface area (Å²) >= 11 is 0. The van der Waals surface area contributed by atoms with Gasteiger partial charge in [-0.2, -0.15) is 0 Å². The van der Waals surface area contributed by atoms with Gasteiger partial charge >= 0.3 is 23.9 Å². The molecule has 0 atom stereocenters. The van der Waals surface area contributed by atoms with Crippen LogP contribution in [-0.4, -0.2) is 90.7 Å². The molecule has 180 valence electrons. The summed E-state index contributed by atoms with van der Waals surface area (Å²) in [5.74, 6) is -3.70. The topological polar surface area (TPSA) is 186 Å². The summed E-state index contributed by atoms with van der Waals surface area (Å²) in [5.41, 5.74) is -5.05. The molecule has 0 unspecified atom stereocenters. The molecule has 0 rings (SSSR count). The molecule has 0 fully saturated rings. The lowest BCUT2D eigenvalue weighted by Gasteiger charge is -2.30. The van der Waals surface area contributed by atoms with E-state index in [4.69, 9.17) is 14.2 Å². The average Bonchev–Trinajstić information content (AvgIpc) is 2.79. The fraction of sp³-hybridized carbons (Fsp3) is 0.789. The van der Waals surface area contributed by atoms with E-state index in [1.807, 2.05) is 0 Å². The van der Waals surface area contributed by atoms with Crippen LogP contribution in [0.1, 0.15) is 34.1 Å². The van der Waals surface area contributed by atoms with Gasteiger partial charge in [0.1, 0.15) is 29.5 Å². The summed E-state index contributed by atoms with van der Waals surface area (Å²) in [7, 11) is 0. The molecule has 0 amide bonds. The molecule has 0 radical (unpaired) electrons. The molecule has 0 aromatic carbocycles. The molecular weight excluding hydrogens is 420 g/mol. The van der Waals surface area contributed by atoms with Crippen LogP contribution in [0.4, 0.5) is 0 Å². The van der Waals surface area contributed by atoms with Crippen molar-refractivity contribution in [3.63, 3.8) is 0 Å². The Morgan fingerprint density at radius 2 is 0.968 bits per heavy atom. The van der Waals surface area contributed by atoms with E-state index >= 15 is 0 Å². The van der Waals surface area contributed by atoms with Crippen LogP contribution < -0.4 is 0 Å². The Morgan fingerprint density at radius 1 is 0.613 bits per heavy atom. The fourth-order valence-electron chi connectivity index (χ4n) is 1.74. The van der Waals surface area contributed by atoms with E-state index < -0.39 is 86.6 Å². The van der Waals surface area contributed by atoms with Gasteiger partial charge in [-0.15, -0.1) is 0 Å². The highest BCUT2D eigenvalue weighted by Gasteiger charge is 2.43. The third-order valence-electron chi connectivity index (χ3n) is 4.62. The Morgan fingerprint density at radius 3 is 1.29 bits per heavy atom. The Kier molecular flexibility index (Phi) is 11.6. The summed E-state index contributed by atoms with van der Waals surface area (Å²) in [6, 6.07) is 0. The molecule has 12 heteroatoms. The number of ether oxygens (including phenoxy) is 4. The van der Waals surface area contributed by atoms with Gasteiger partial charge in [0.15, 0.2) is 0 Å². The summed E-state index contributed by atoms with van der Waals surface area (Å²) in [5, 5.41) is 37.2. The number of carbonyl (C=O) groups is 4. The first-order chi connectivity index (χ1) is 14.4. The van der Waals surface area contributed by atoms with Crippen LogP contribution >= 0.6 is 0 Å². The van der Waals surface area contributed by atoms with Crippen molar-refractivity contribution in [2.45, 2.75) is 34.1 Å². The Balaban J connectivity index is 5.40. The van der Waals surface area contributed by atoms with Gasteiger partial charge in [0.25, 0.3) is 0 Å². The van der Waals surface area contributed by atoms with Crippen molar-refractivity contribution >= 4 is 23.9 Å². The van der Waals surface area contributed by atoms with Crippen molar-refractivity contribution < 1.29 is 58.6 Å². The monoisotopic (exact) mass is 452 g/mol. The molecule has 0 saturated carbocycles. The predicted octanol–water partition coefficient (Wildman–Crippen LogP) is -1.49. The first-order valence-corrected chi connectivity index (χ1v) is 9.48. The van der Waals surface area contributed by atoms with Crippen molar-refractivity contribution in [1.29, 1.82) is 0 Å². The van der Waals surface area contributed by atoms with E-state index in [-0.39, 0.29) is 6.42 Å². The van der Waals surface area contributed by atoms with Gasteiger partial charge in [0, 0.05) is 6.42 Å². The SMILES string of the molecule is CCC(=O)OCOC(=O)C(C)(COC(=O)C(C)(CO)CO)COC(=O)C(C)(CO)CO. The minimum absolute atomic E-state index is 0.0475. The highest BCUT2D eigenvalue weighted by atomic mass is 16.7. The maximum atomic E-state index is 12.5. The zero-order valence-electron chi connectivity index (χ0n) is 18.2. The van der Waals surface area contributed by atoms with E-state index in [1.165, 1.54) is 27.7 Å². The highest BCUT2D eigenvalue weighted by Crippen LogP contribution is 2.25. The van der Waals surface area contributed by atoms with Gasteiger partial charge < -0.3 is 39.4 Å². The Bertz CT molecular complexity index is 587. The molecule has 0 heterocycles. The molecule has 12 nitrogen and oxygen atoms in total. The van der Waals surface area contributed by atoms with Gasteiger partial charge in [0.2, 0.25) is 6.79 Å². The largest absolute Gasteiger partial charge is 0.464 e. The molecule has 0 spiro atoms. The number of aliphatic hydroxyl groups is 4. The van der Waals surface area contributed by atoms with E-state index in [0.717, 1.165) is 0 Å². The first-order valence-electron chi connectivity index (χ1n) is 9.48. The van der Waals surface area contributed by atoms with E-state index in [2.05, 4.69) is 4.74 Å². The van der Waals surface area contributed by atoms with Gasteiger partial charge in [-0.3, -0.25) is 19.2 Å². The van der Waals surface area contributed by atoms with Crippen molar-refractivity contribution in [2.75, 3.05) is 46.4 Å². The Labute approximate surface area is 180 Å². The quantitative estimate of drug-likeness (QED) is 0.136. The summed E-state index contributed by atoms with van der Waals surface area (Å²) < 4.78 is 19.6.